The van der Waals surface area contributed by atoms with Crippen LogP contribution in [0.2, 0.25) is 0 Å². The normalized spacial score (nSPS) is 17.0. The van der Waals surface area contributed by atoms with Gasteiger partial charge in [0.15, 0.2) is 11.5 Å². The van der Waals surface area contributed by atoms with Crippen molar-refractivity contribution in [2.45, 2.75) is 6.10 Å². The van der Waals surface area contributed by atoms with Gasteiger partial charge in [0, 0.05) is 16.8 Å². The van der Waals surface area contributed by atoms with Crippen LogP contribution in [0.5, 0.6) is 11.5 Å². The number of carbonyl (C=O) groups excluding carboxylic acids is 1. The summed E-state index contributed by atoms with van der Waals surface area (Å²) in [6.07, 6.45) is -0.574. The number of amides is 1. The third-order valence-corrected chi connectivity index (χ3v) is 3.67. The Morgan fingerprint density at radius 1 is 1.17 bits per heavy atom. The number of methoxy groups -OCH3 is 2. The molecule has 0 saturated heterocycles. The maximum absolute atomic E-state index is 13.5. The molecule has 5 nitrogen and oxygen atoms in total. The SMILES string of the molecule is COc1cccc([C@H]2OCC(=O)Nc3cc(F)ccc32)c1OC. The van der Waals surface area contributed by atoms with E-state index in [0.29, 0.717) is 28.3 Å². The van der Waals surface area contributed by atoms with Crippen molar-refractivity contribution in [1.82, 2.24) is 0 Å². The topological polar surface area (TPSA) is 56.8 Å². The average molecular weight is 317 g/mol. The monoisotopic (exact) mass is 317 g/mol. The lowest BCUT2D eigenvalue weighted by Gasteiger charge is -2.21. The zero-order valence-electron chi connectivity index (χ0n) is 12.8. The van der Waals surface area contributed by atoms with E-state index in [1.54, 1.807) is 19.2 Å². The van der Waals surface area contributed by atoms with Gasteiger partial charge in [-0.15, -0.1) is 0 Å². The summed E-state index contributed by atoms with van der Waals surface area (Å²) >= 11 is 0. The van der Waals surface area contributed by atoms with Crippen molar-refractivity contribution >= 4 is 11.6 Å². The van der Waals surface area contributed by atoms with Crippen molar-refractivity contribution in [3.63, 3.8) is 0 Å². The maximum Gasteiger partial charge on any atom is 0.250 e. The Morgan fingerprint density at radius 2 is 2.00 bits per heavy atom. The molecular formula is C17H16FNO4. The lowest BCUT2D eigenvalue weighted by molar-refractivity contribution is -0.121. The molecule has 0 unspecified atom stereocenters. The van der Waals surface area contributed by atoms with Crippen molar-refractivity contribution in [3.05, 3.63) is 53.3 Å². The maximum atomic E-state index is 13.5. The summed E-state index contributed by atoms with van der Waals surface area (Å²) in [5.41, 5.74) is 1.75. The van der Waals surface area contributed by atoms with Crippen LogP contribution in [0.25, 0.3) is 0 Å². The number of fused-ring (bicyclic) bond motifs is 1. The van der Waals surface area contributed by atoms with E-state index >= 15 is 0 Å². The molecule has 23 heavy (non-hydrogen) atoms. The second-order valence-corrected chi connectivity index (χ2v) is 5.05. The van der Waals surface area contributed by atoms with E-state index in [2.05, 4.69) is 5.32 Å². The third-order valence-electron chi connectivity index (χ3n) is 3.67. The van der Waals surface area contributed by atoms with Gasteiger partial charge in [0.05, 0.1) is 14.2 Å². The molecule has 1 N–H and O–H groups in total. The number of rotatable bonds is 3. The number of nitrogens with one attached hydrogen (secondary N) is 1. The lowest BCUT2D eigenvalue weighted by Crippen LogP contribution is -2.15. The number of carbonyl (C=O) groups is 1. The van der Waals surface area contributed by atoms with Crippen LogP contribution in [0.1, 0.15) is 17.2 Å². The van der Waals surface area contributed by atoms with E-state index < -0.39 is 11.9 Å². The van der Waals surface area contributed by atoms with Crippen LogP contribution < -0.4 is 14.8 Å². The quantitative estimate of drug-likeness (QED) is 0.946. The van der Waals surface area contributed by atoms with Crippen LogP contribution in [0.15, 0.2) is 36.4 Å². The van der Waals surface area contributed by atoms with Crippen molar-refractivity contribution in [2.75, 3.05) is 26.1 Å². The van der Waals surface area contributed by atoms with Crippen LogP contribution in [0, 0.1) is 5.82 Å². The second kappa shape index (κ2) is 6.26. The number of hydrogen-bond acceptors (Lipinski definition) is 4. The van der Waals surface area contributed by atoms with E-state index in [1.165, 1.54) is 19.2 Å². The summed E-state index contributed by atoms with van der Waals surface area (Å²) in [5, 5.41) is 2.65. The first kappa shape index (κ1) is 15.3. The number of ether oxygens (including phenoxy) is 3. The molecule has 1 atom stereocenters. The van der Waals surface area contributed by atoms with Gasteiger partial charge >= 0.3 is 0 Å². The lowest BCUT2D eigenvalue weighted by atomic mass is 9.98. The highest BCUT2D eigenvalue weighted by Crippen LogP contribution is 2.41. The Morgan fingerprint density at radius 3 is 2.74 bits per heavy atom. The van der Waals surface area contributed by atoms with Gasteiger partial charge in [-0.05, 0) is 18.2 Å². The molecule has 120 valence electrons. The van der Waals surface area contributed by atoms with E-state index in [-0.39, 0.29) is 12.5 Å². The third kappa shape index (κ3) is 2.85. The molecule has 3 rings (SSSR count). The summed E-state index contributed by atoms with van der Waals surface area (Å²) < 4.78 is 30.0. The summed E-state index contributed by atoms with van der Waals surface area (Å²) in [5.74, 6) is 0.314. The zero-order chi connectivity index (χ0) is 16.4. The minimum Gasteiger partial charge on any atom is -0.493 e. The van der Waals surface area contributed by atoms with Gasteiger partial charge in [0.2, 0.25) is 5.91 Å². The Kier molecular flexibility index (Phi) is 4.16. The van der Waals surface area contributed by atoms with Crippen molar-refractivity contribution < 1.29 is 23.4 Å². The highest BCUT2D eigenvalue weighted by Gasteiger charge is 2.28. The smallest absolute Gasteiger partial charge is 0.250 e. The van der Waals surface area contributed by atoms with Crippen LogP contribution >= 0.6 is 0 Å². The van der Waals surface area contributed by atoms with Crippen LogP contribution in [-0.2, 0) is 9.53 Å². The molecule has 6 heteroatoms. The van der Waals surface area contributed by atoms with Crippen molar-refractivity contribution in [3.8, 4) is 11.5 Å². The number of para-hydroxylation sites is 1. The molecule has 0 bridgehead atoms. The first-order valence-corrected chi connectivity index (χ1v) is 7.06. The molecular weight excluding hydrogens is 301 g/mol. The molecule has 0 spiro atoms. The first-order valence-electron chi connectivity index (χ1n) is 7.06. The fraction of sp³-hybridized carbons (Fsp3) is 0.235. The Hall–Kier alpha value is -2.60. The number of benzene rings is 2. The van der Waals surface area contributed by atoms with Crippen molar-refractivity contribution in [1.29, 1.82) is 0 Å². The Bertz CT molecular complexity index is 747. The minimum atomic E-state index is -0.574. The van der Waals surface area contributed by atoms with E-state index in [9.17, 15) is 9.18 Å². The van der Waals surface area contributed by atoms with Gasteiger partial charge in [-0.25, -0.2) is 4.39 Å². The second-order valence-electron chi connectivity index (χ2n) is 5.05. The Labute approximate surface area is 133 Å². The van der Waals surface area contributed by atoms with Gasteiger partial charge in [-0.1, -0.05) is 18.2 Å². The van der Waals surface area contributed by atoms with Crippen LogP contribution in [0.4, 0.5) is 10.1 Å². The molecule has 1 amide bonds. The fourth-order valence-electron chi connectivity index (χ4n) is 2.68. The summed E-state index contributed by atoms with van der Waals surface area (Å²) in [6.45, 7) is -0.138. The van der Waals surface area contributed by atoms with Gasteiger partial charge < -0.3 is 19.5 Å². The summed E-state index contributed by atoms with van der Waals surface area (Å²) in [6, 6.07) is 9.62. The molecule has 1 heterocycles. The number of anilines is 1. The van der Waals surface area contributed by atoms with Crippen LogP contribution in [-0.4, -0.2) is 26.7 Å². The molecule has 2 aromatic rings. The molecule has 1 aliphatic heterocycles. The molecule has 0 aliphatic carbocycles. The van der Waals surface area contributed by atoms with Gasteiger partial charge in [0.25, 0.3) is 0 Å². The molecule has 1 aliphatic rings. The van der Waals surface area contributed by atoms with Gasteiger partial charge in [0.1, 0.15) is 18.5 Å². The van der Waals surface area contributed by atoms with Gasteiger partial charge in [-0.2, -0.15) is 0 Å². The number of hydrogen-bond donors (Lipinski definition) is 1. The van der Waals surface area contributed by atoms with E-state index in [1.807, 2.05) is 12.1 Å². The van der Waals surface area contributed by atoms with E-state index in [4.69, 9.17) is 14.2 Å². The fourth-order valence-corrected chi connectivity index (χ4v) is 2.68. The molecule has 0 saturated carbocycles. The molecule has 2 aromatic carbocycles. The predicted octanol–water partition coefficient (Wildman–Crippen LogP) is 2.90. The average Bonchev–Trinajstić information content (AvgIpc) is 2.71. The molecule has 0 aromatic heterocycles. The highest BCUT2D eigenvalue weighted by atomic mass is 19.1. The van der Waals surface area contributed by atoms with Crippen molar-refractivity contribution in [2.24, 2.45) is 0 Å². The molecule has 0 radical (unpaired) electrons. The van der Waals surface area contributed by atoms with Crippen LogP contribution in [0.3, 0.4) is 0 Å². The first-order chi connectivity index (χ1) is 11.1. The summed E-state index contributed by atoms with van der Waals surface area (Å²) in [7, 11) is 3.08. The van der Waals surface area contributed by atoms with E-state index in [0.717, 1.165) is 0 Å². The highest BCUT2D eigenvalue weighted by molar-refractivity contribution is 5.93. The largest absolute Gasteiger partial charge is 0.493 e. The van der Waals surface area contributed by atoms with Gasteiger partial charge in [-0.3, -0.25) is 4.79 Å². The number of halogens is 1. The predicted molar refractivity (Wildman–Crippen MR) is 82.4 cm³/mol. The molecule has 0 fully saturated rings. The zero-order valence-corrected chi connectivity index (χ0v) is 12.8. The Balaban J connectivity index is 2.15. The summed E-state index contributed by atoms with van der Waals surface area (Å²) in [4.78, 5) is 11.8. The standard InChI is InChI=1S/C17H16FNO4/c1-21-14-5-3-4-12(17(14)22-2)16-11-7-6-10(18)8-13(11)19-15(20)9-23-16/h3-8,16H,9H2,1-2H3,(H,19,20)/t16-/m0/s1. The minimum absolute atomic E-state index is 0.138.